The van der Waals surface area contributed by atoms with E-state index in [0.717, 1.165) is 31.0 Å². The van der Waals surface area contributed by atoms with Gasteiger partial charge >= 0.3 is 6.09 Å². The summed E-state index contributed by atoms with van der Waals surface area (Å²) < 4.78 is 27.5. The largest absolute Gasteiger partial charge is 0.465 e. The van der Waals surface area contributed by atoms with E-state index in [-0.39, 0.29) is 43.1 Å². The molecule has 0 unspecified atom stereocenters. The summed E-state index contributed by atoms with van der Waals surface area (Å²) in [4.78, 5) is 41.6. The fourth-order valence-corrected chi connectivity index (χ4v) is 5.20. The van der Waals surface area contributed by atoms with E-state index in [1.54, 1.807) is 54.3 Å². The molecule has 3 amide bonds. The molecule has 0 radical (unpaired) electrons. The van der Waals surface area contributed by atoms with Gasteiger partial charge in [-0.05, 0) is 78.8 Å². The molecular formula is C34H42F2N4O5. The maximum atomic E-state index is 14.1. The Labute approximate surface area is 262 Å². The summed E-state index contributed by atoms with van der Waals surface area (Å²) in [5.74, 6) is -2.16. The molecule has 3 aromatic rings. The summed E-state index contributed by atoms with van der Waals surface area (Å²) in [6.45, 7) is 6.83. The van der Waals surface area contributed by atoms with Crippen LogP contribution >= 0.6 is 0 Å². The molecule has 0 bridgehead atoms. The molecule has 0 aliphatic heterocycles. The van der Waals surface area contributed by atoms with Gasteiger partial charge < -0.3 is 31.1 Å². The number of halogens is 2. The second kappa shape index (κ2) is 16.6. The van der Waals surface area contributed by atoms with E-state index in [2.05, 4.69) is 5.32 Å². The number of nitrogens with one attached hydrogen (secondary N) is 1. The Morgan fingerprint density at radius 1 is 0.844 bits per heavy atom. The molecule has 0 aromatic heterocycles. The lowest BCUT2D eigenvalue weighted by atomic mass is 10.00. The molecular weight excluding hydrogens is 582 g/mol. The third kappa shape index (κ3) is 10.6. The highest BCUT2D eigenvalue weighted by atomic mass is 19.1. The first-order valence-corrected chi connectivity index (χ1v) is 15.0. The van der Waals surface area contributed by atoms with Crippen LogP contribution in [0.4, 0.5) is 13.6 Å². The minimum atomic E-state index is -1.27. The normalized spacial score (nSPS) is 12.3. The smallest absolute Gasteiger partial charge is 0.404 e. The molecule has 0 aliphatic carbocycles. The van der Waals surface area contributed by atoms with Crippen molar-refractivity contribution in [3.63, 3.8) is 0 Å². The monoisotopic (exact) mass is 624 g/mol. The first kappa shape index (κ1) is 35.1. The van der Waals surface area contributed by atoms with E-state index < -0.39 is 35.8 Å². The van der Waals surface area contributed by atoms with E-state index in [0.29, 0.717) is 35.3 Å². The molecule has 0 fully saturated rings. The summed E-state index contributed by atoms with van der Waals surface area (Å²) in [5.41, 5.74) is 9.20. The van der Waals surface area contributed by atoms with Crippen LogP contribution in [-0.2, 0) is 19.5 Å². The van der Waals surface area contributed by atoms with Crippen molar-refractivity contribution < 1.29 is 33.4 Å². The summed E-state index contributed by atoms with van der Waals surface area (Å²) in [6, 6.07) is 14.0. The Hall–Kier alpha value is -4.35. The second-order valence-corrected chi connectivity index (χ2v) is 11.3. The van der Waals surface area contributed by atoms with Crippen molar-refractivity contribution in [3.05, 3.63) is 106 Å². The number of amides is 3. The molecule has 11 heteroatoms. The first-order chi connectivity index (χ1) is 21.4. The van der Waals surface area contributed by atoms with Crippen molar-refractivity contribution in [2.24, 2.45) is 5.73 Å². The summed E-state index contributed by atoms with van der Waals surface area (Å²) in [6.07, 6.45) is -0.902. The Morgan fingerprint density at radius 2 is 1.42 bits per heavy atom. The lowest BCUT2D eigenvalue weighted by molar-refractivity contribution is 0.0554. The van der Waals surface area contributed by atoms with Crippen LogP contribution in [0.2, 0.25) is 0 Å². The SMILES string of the molecule is CCCN(CCC)C(=O)c1cc(C)cc(C(=O)N(Cc2cccc(CNC(=O)O)c2)C[C@@H](O)[C@@H](N)Cc2cc(F)cc(F)c2)c1. The number of carbonyl (C=O) groups excluding carboxylic acids is 2. The van der Waals surface area contributed by atoms with Crippen LogP contribution in [0, 0.1) is 18.6 Å². The van der Waals surface area contributed by atoms with Gasteiger partial charge in [0.25, 0.3) is 11.8 Å². The first-order valence-electron chi connectivity index (χ1n) is 15.0. The zero-order chi connectivity index (χ0) is 33.1. The van der Waals surface area contributed by atoms with Crippen molar-refractivity contribution in [1.82, 2.24) is 15.1 Å². The van der Waals surface area contributed by atoms with Crippen molar-refractivity contribution in [2.75, 3.05) is 19.6 Å². The van der Waals surface area contributed by atoms with Gasteiger partial charge in [0.15, 0.2) is 0 Å². The topological polar surface area (TPSA) is 136 Å². The molecule has 0 aliphatic rings. The highest BCUT2D eigenvalue weighted by Crippen LogP contribution is 2.19. The molecule has 3 rings (SSSR count). The molecule has 0 spiro atoms. The van der Waals surface area contributed by atoms with Gasteiger partial charge in [-0.25, -0.2) is 13.6 Å². The van der Waals surface area contributed by atoms with E-state index in [1.165, 1.54) is 4.90 Å². The molecule has 0 saturated carbocycles. The average molecular weight is 625 g/mol. The average Bonchev–Trinajstić information content (AvgIpc) is 2.98. The minimum absolute atomic E-state index is 0.0349. The van der Waals surface area contributed by atoms with Crippen LogP contribution in [0.1, 0.15) is 69.7 Å². The minimum Gasteiger partial charge on any atom is -0.465 e. The molecule has 45 heavy (non-hydrogen) atoms. The van der Waals surface area contributed by atoms with Gasteiger partial charge in [0.05, 0.1) is 6.10 Å². The third-order valence-corrected chi connectivity index (χ3v) is 7.24. The van der Waals surface area contributed by atoms with Crippen LogP contribution in [0.5, 0.6) is 0 Å². The number of carbonyl (C=O) groups is 3. The number of hydrogen-bond acceptors (Lipinski definition) is 5. The predicted octanol–water partition coefficient (Wildman–Crippen LogP) is 4.88. The van der Waals surface area contributed by atoms with Gasteiger partial charge in [0, 0.05) is 56.0 Å². The zero-order valence-electron chi connectivity index (χ0n) is 25.9. The molecule has 9 nitrogen and oxygen atoms in total. The summed E-state index contributed by atoms with van der Waals surface area (Å²) >= 11 is 0. The fourth-order valence-electron chi connectivity index (χ4n) is 5.20. The Morgan fingerprint density at radius 3 is 2.00 bits per heavy atom. The lowest BCUT2D eigenvalue weighted by Crippen LogP contribution is -2.46. The number of hydrogen-bond donors (Lipinski definition) is 4. The number of nitrogens with zero attached hydrogens (tertiary/aromatic N) is 2. The number of aliphatic hydroxyl groups excluding tert-OH is 1. The third-order valence-electron chi connectivity index (χ3n) is 7.24. The zero-order valence-corrected chi connectivity index (χ0v) is 25.9. The molecule has 3 aromatic carbocycles. The maximum Gasteiger partial charge on any atom is 0.404 e. The molecule has 0 saturated heterocycles. The number of benzene rings is 3. The maximum absolute atomic E-state index is 14.1. The molecule has 2 atom stereocenters. The lowest BCUT2D eigenvalue weighted by Gasteiger charge is -2.29. The van der Waals surface area contributed by atoms with Crippen molar-refractivity contribution in [1.29, 1.82) is 0 Å². The van der Waals surface area contributed by atoms with Gasteiger partial charge in [-0.1, -0.05) is 38.1 Å². The van der Waals surface area contributed by atoms with E-state index >= 15 is 0 Å². The predicted molar refractivity (Wildman–Crippen MR) is 168 cm³/mol. The Kier molecular flexibility index (Phi) is 13.0. The number of nitrogens with two attached hydrogens (primary N) is 1. The Balaban J connectivity index is 1.93. The van der Waals surface area contributed by atoms with Crippen molar-refractivity contribution >= 4 is 17.9 Å². The number of aliphatic hydroxyl groups is 1. The summed E-state index contributed by atoms with van der Waals surface area (Å²) in [5, 5.41) is 22.4. The second-order valence-electron chi connectivity index (χ2n) is 11.3. The van der Waals surface area contributed by atoms with E-state index in [4.69, 9.17) is 10.8 Å². The number of aryl methyl sites for hydroxylation is 1. The quantitative estimate of drug-likeness (QED) is 0.190. The fraction of sp³-hybridized carbons (Fsp3) is 0.382. The van der Waals surface area contributed by atoms with E-state index in [1.807, 2.05) is 13.8 Å². The molecule has 0 heterocycles. The van der Waals surface area contributed by atoms with Gasteiger partial charge in [-0.3, -0.25) is 9.59 Å². The van der Waals surface area contributed by atoms with Crippen molar-refractivity contribution in [2.45, 2.75) is 65.3 Å². The van der Waals surface area contributed by atoms with Crippen LogP contribution < -0.4 is 11.1 Å². The van der Waals surface area contributed by atoms with Crippen LogP contribution in [0.15, 0.2) is 60.7 Å². The Bertz CT molecular complexity index is 1460. The van der Waals surface area contributed by atoms with Gasteiger partial charge in [0.1, 0.15) is 11.6 Å². The number of rotatable bonds is 15. The molecule has 5 N–H and O–H groups in total. The highest BCUT2D eigenvalue weighted by Gasteiger charge is 2.25. The number of carboxylic acid groups (broad SMARTS) is 1. The summed E-state index contributed by atoms with van der Waals surface area (Å²) in [7, 11) is 0. The highest BCUT2D eigenvalue weighted by molar-refractivity contribution is 6.00. The standard InChI is InChI=1S/C34H42F2N4O5/c1-4-9-39(10-5-2)32(42)26-11-22(3)12-27(17-26)33(43)40(20-24-8-6-7-23(13-24)19-38-34(44)45)21-31(41)30(37)16-25-14-28(35)18-29(36)15-25/h6-8,11-15,17-18,30-31,38,41H,4-5,9-10,16,19-21,37H2,1-3H3,(H,44,45)/t30-,31+/m0/s1. The molecule has 242 valence electrons. The van der Waals surface area contributed by atoms with Crippen molar-refractivity contribution in [3.8, 4) is 0 Å². The van der Waals surface area contributed by atoms with Gasteiger partial charge in [-0.15, -0.1) is 0 Å². The van der Waals surface area contributed by atoms with E-state index in [9.17, 15) is 28.3 Å². The van der Waals surface area contributed by atoms with Gasteiger partial charge in [-0.2, -0.15) is 0 Å². The van der Waals surface area contributed by atoms with Gasteiger partial charge in [0.2, 0.25) is 0 Å². The van der Waals surface area contributed by atoms with Crippen LogP contribution in [-0.4, -0.2) is 69.7 Å². The van der Waals surface area contributed by atoms with Crippen LogP contribution in [0.25, 0.3) is 0 Å². The van der Waals surface area contributed by atoms with Crippen LogP contribution in [0.3, 0.4) is 0 Å².